The van der Waals surface area contributed by atoms with E-state index in [2.05, 4.69) is 77.0 Å². The Hall–Kier alpha value is -1.10. The highest BCUT2D eigenvalue weighted by Gasteiger charge is 2.49. The van der Waals surface area contributed by atoms with Crippen molar-refractivity contribution in [2.75, 3.05) is 14.1 Å². The third kappa shape index (κ3) is 3.97. The quantitative estimate of drug-likeness (QED) is 0.792. The van der Waals surface area contributed by atoms with E-state index in [9.17, 15) is 0 Å². The molecule has 0 spiro atoms. The first-order valence-electron chi connectivity index (χ1n) is 7.47. The van der Waals surface area contributed by atoms with Crippen molar-refractivity contribution in [2.45, 2.75) is 45.4 Å². The maximum absolute atomic E-state index is 5.95. The summed E-state index contributed by atoms with van der Waals surface area (Å²) in [6.07, 6.45) is 2.06. The zero-order valence-electron chi connectivity index (χ0n) is 14.0. The lowest BCUT2D eigenvalue weighted by molar-refractivity contribution is 0.00578. The third-order valence-corrected chi connectivity index (χ3v) is 4.20. The van der Waals surface area contributed by atoms with E-state index in [0.717, 1.165) is 12.1 Å². The normalized spacial score (nSPS) is 20.6. The summed E-state index contributed by atoms with van der Waals surface area (Å²) in [6.45, 7) is 9.22. The summed E-state index contributed by atoms with van der Waals surface area (Å²) in [5.74, 6) is 1.98. The fraction of sp³-hybridized carbons (Fsp3) is 0.529. The Morgan fingerprint density at radius 3 is 2.00 bits per heavy atom. The molecular weight excluding hydrogens is 261 g/mol. The molecule has 1 aliphatic heterocycles. The molecule has 1 fully saturated rings. The Labute approximate surface area is 129 Å². The van der Waals surface area contributed by atoms with Crippen LogP contribution in [0.25, 0.3) is 6.08 Å². The van der Waals surface area contributed by atoms with Gasteiger partial charge in [0.15, 0.2) is 0 Å². The van der Waals surface area contributed by atoms with Crippen LogP contribution in [0, 0.1) is 0 Å². The van der Waals surface area contributed by atoms with Crippen LogP contribution in [0.1, 0.15) is 38.8 Å². The van der Waals surface area contributed by atoms with Crippen LogP contribution in [0.5, 0.6) is 0 Å². The summed E-state index contributed by atoms with van der Waals surface area (Å²) in [4.78, 5) is 2.16. The SMILES string of the molecule is CN(C)Cc1ccc(C=CB2OC(C)(C)C(C)(C)O2)cc1. The van der Waals surface area contributed by atoms with Crippen LogP contribution in [0.4, 0.5) is 0 Å². The predicted molar refractivity (Wildman–Crippen MR) is 88.9 cm³/mol. The molecule has 0 radical (unpaired) electrons. The van der Waals surface area contributed by atoms with Crippen molar-refractivity contribution in [2.24, 2.45) is 0 Å². The van der Waals surface area contributed by atoms with Crippen molar-refractivity contribution in [3.63, 3.8) is 0 Å². The van der Waals surface area contributed by atoms with E-state index >= 15 is 0 Å². The molecule has 1 heterocycles. The van der Waals surface area contributed by atoms with Crippen LogP contribution in [0.15, 0.2) is 30.2 Å². The molecule has 0 N–H and O–H groups in total. The van der Waals surface area contributed by atoms with Gasteiger partial charge in [0.2, 0.25) is 0 Å². The molecule has 1 saturated heterocycles. The number of rotatable bonds is 4. The Balaban J connectivity index is 1.99. The lowest BCUT2D eigenvalue weighted by Crippen LogP contribution is -2.41. The van der Waals surface area contributed by atoms with Gasteiger partial charge in [-0.2, -0.15) is 0 Å². The molecule has 4 heteroatoms. The summed E-state index contributed by atoms with van der Waals surface area (Å²) in [5, 5.41) is 0. The summed E-state index contributed by atoms with van der Waals surface area (Å²) < 4.78 is 11.9. The van der Waals surface area contributed by atoms with Gasteiger partial charge < -0.3 is 14.2 Å². The molecule has 1 aromatic carbocycles. The van der Waals surface area contributed by atoms with E-state index in [4.69, 9.17) is 9.31 Å². The van der Waals surface area contributed by atoms with Gasteiger partial charge >= 0.3 is 7.12 Å². The summed E-state index contributed by atoms with van der Waals surface area (Å²) in [5.41, 5.74) is 1.91. The Morgan fingerprint density at radius 2 is 1.52 bits per heavy atom. The molecule has 2 rings (SSSR count). The minimum absolute atomic E-state index is 0.280. The average molecular weight is 287 g/mol. The maximum atomic E-state index is 5.95. The monoisotopic (exact) mass is 287 g/mol. The first-order valence-corrected chi connectivity index (χ1v) is 7.47. The molecule has 0 atom stereocenters. The first-order chi connectivity index (χ1) is 9.69. The maximum Gasteiger partial charge on any atom is 0.487 e. The molecule has 0 aromatic heterocycles. The lowest BCUT2D eigenvalue weighted by atomic mass is 9.89. The van der Waals surface area contributed by atoms with Crippen LogP contribution < -0.4 is 0 Å². The van der Waals surface area contributed by atoms with E-state index in [0.29, 0.717) is 0 Å². The second kappa shape index (κ2) is 5.95. The highest BCUT2D eigenvalue weighted by molar-refractivity contribution is 6.52. The zero-order chi connectivity index (χ0) is 15.7. The molecule has 114 valence electrons. The number of benzene rings is 1. The highest BCUT2D eigenvalue weighted by atomic mass is 16.7. The van der Waals surface area contributed by atoms with Gasteiger partial charge in [0.1, 0.15) is 0 Å². The van der Waals surface area contributed by atoms with E-state index in [1.165, 1.54) is 5.56 Å². The van der Waals surface area contributed by atoms with Gasteiger partial charge in [-0.1, -0.05) is 36.3 Å². The molecule has 0 aliphatic carbocycles. The van der Waals surface area contributed by atoms with Crippen LogP contribution in [0.2, 0.25) is 0 Å². The fourth-order valence-corrected chi connectivity index (χ4v) is 2.26. The molecule has 21 heavy (non-hydrogen) atoms. The van der Waals surface area contributed by atoms with Crippen molar-refractivity contribution in [3.05, 3.63) is 41.4 Å². The van der Waals surface area contributed by atoms with Gasteiger partial charge in [0.25, 0.3) is 0 Å². The Bertz CT molecular complexity index is 490. The summed E-state index contributed by atoms with van der Waals surface area (Å²) in [6, 6.07) is 8.56. The van der Waals surface area contributed by atoms with Crippen molar-refractivity contribution < 1.29 is 9.31 Å². The average Bonchev–Trinajstić information content (AvgIpc) is 2.56. The zero-order valence-corrected chi connectivity index (χ0v) is 14.0. The molecule has 0 bridgehead atoms. The van der Waals surface area contributed by atoms with E-state index in [1.807, 2.05) is 5.98 Å². The molecule has 0 amide bonds. The van der Waals surface area contributed by atoms with E-state index in [1.54, 1.807) is 0 Å². The van der Waals surface area contributed by atoms with Crippen molar-refractivity contribution in [3.8, 4) is 0 Å². The Kier molecular flexibility index (Phi) is 4.62. The van der Waals surface area contributed by atoms with Crippen LogP contribution >= 0.6 is 0 Å². The molecule has 3 nitrogen and oxygen atoms in total. The van der Waals surface area contributed by atoms with Crippen molar-refractivity contribution in [1.29, 1.82) is 0 Å². The van der Waals surface area contributed by atoms with Gasteiger partial charge in [-0.25, -0.2) is 0 Å². The third-order valence-electron chi connectivity index (χ3n) is 4.20. The molecule has 0 saturated carbocycles. The minimum Gasteiger partial charge on any atom is -0.400 e. The smallest absolute Gasteiger partial charge is 0.400 e. The van der Waals surface area contributed by atoms with Crippen LogP contribution in [-0.4, -0.2) is 37.3 Å². The van der Waals surface area contributed by atoms with E-state index < -0.39 is 0 Å². The molecule has 0 unspecified atom stereocenters. The molecule has 1 aromatic rings. The number of nitrogens with zero attached hydrogens (tertiary/aromatic N) is 1. The Morgan fingerprint density at radius 1 is 1.00 bits per heavy atom. The summed E-state index contributed by atoms with van der Waals surface area (Å²) in [7, 11) is 3.87. The lowest BCUT2D eigenvalue weighted by Gasteiger charge is -2.32. The number of hydrogen-bond donors (Lipinski definition) is 0. The van der Waals surface area contributed by atoms with Crippen LogP contribution in [0.3, 0.4) is 0 Å². The van der Waals surface area contributed by atoms with Gasteiger partial charge in [-0.05, 0) is 52.9 Å². The second-order valence-electron chi connectivity index (χ2n) is 6.96. The van der Waals surface area contributed by atoms with Crippen LogP contribution in [-0.2, 0) is 15.9 Å². The second-order valence-corrected chi connectivity index (χ2v) is 6.96. The van der Waals surface area contributed by atoms with Crippen molar-refractivity contribution in [1.82, 2.24) is 4.90 Å². The van der Waals surface area contributed by atoms with Gasteiger partial charge in [-0.3, -0.25) is 0 Å². The first kappa shape index (κ1) is 16.3. The number of hydrogen-bond acceptors (Lipinski definition) is 3. The van der Waals surface area contributed by atoms with Gasteiger partial charge in [0, 0.05) is 6.54 Å². The highest BCUT2D eigenvalue weighted by Crippen LogP contribution is 2.36. The molecular formula is C17H26BNO2. The minimum atomic E-state index is -0.281. The van der Waals surface area contributed by atoms with E-state index in [-0.39, 0.29) is 18.3 Å². The largest absolute Gasteiger partial charge is 0.487 e. The molecule has 1 aliphatic rings. The topological polar surface area (TPSA) is 21.7 Å². The fourth-order valence-electron chi connectivity index (χ4n) is 2.26. The standard InChI is InChI=1S/C17H26BNO2/c1-16(2)17(3,4)21-18(20-16)12-11-14-7-9-15(10-8-14)13-19(5)6/h7-12H,13H2,1-6H3. The van der Waals surface area contributed by atoms with Gasteiger partial charge in [-0.15, -0.1) is 0 Å². The predicted octanol–water partition coefficient (Wildman–Crippen LogP) is 3.39. The summed E-state index contributed by atoms with van der Waals surface area (Å²) >= 11 is 0. The van der Waals surface area contributed by atoms with Gasteiger partial charge in [0.05, 0.1) is 11.2 Å². The van der Waals surface area contributed by atoms with Crippen molar-refractivity contribution >= 4 is 13.2 Å².